The molecule has 1 fully saturated rings. The SMILES string of the molecule is COc1ccc2c(c1)[C@@]1(c3ccc(Br)cc3)OC(C)(C)C[C@H]1[C@H](c1ccc(Cl)cc1)N2. The van der Waals surface area contributed by atoms with E-state index >= 15 is 0 Å². The third-order valence-electron chi connectivity index (χ3n) is 6.51. The second-order valence-electron chi connectivity index (χ2n) is 9.00. The van der Waals surface area contributed by atoms with E-state index < -0.39 is 5.60 Å². The van der Waals surface area contributed by atoms with E-state index in [0.717, 1.165) is 38.5 Å². The topological polar surface area (TPSA) is 30.5 Å². The molecule has 5 rings (SSSR count). The zero-order chi connectivity index (χ0) is 21.8. The quantitative estimate of drug-likeness (QED) is 0.410. The molecular weight excluding hydrogens is 474 g/mol. The predicted octanol–water partition coefficient (Wildman–Crippen LogP) is 7.34. The van der Waals surface area contributed by atoms with Crippen LogP contribution in [0.2, 0.25) is 5.02 Å². The van der Waals surface area contributed by atoms with Crippen LogP contribution in [0.4, 0.5) is 5.69 Å². The standard InChI is InChI=1S/C26H25BrClNO2/c1-25(2)15-22-24(16-4-10-19(28)11-5-16)29-23-13-12-20(30-3)14-21(23)26(22,31-25)17-6-8-18(27)9-7-17/h4-14,22,24,29H,15H2,1-3H3/t22-,24-,26+/m0/s1. The Labute approximate surface area is 196 Å². The first-order valence-electron chi connectivity index (χ1n) is 10.5. The van der Waals surface area contributed by atoms with E-state index in [4.69, 9.17) is 21.1 Å². The van der Waals surface area contributed by atoms with E-state index in [0.29, 0.717) is 0 Å². The molecule has 2 aliphatic heterocycles. The van der Waals surface area contributed by atoms with Crippen LogP contribution in [-0.2, 0) is 10.3 Å². The summed E-state index contributed by atoms with van der Waals surface area (Å²) in [6, 6.07) is 23.0. The van der Waals surface area contributed by atoms with E-state index in [9.17, 15) is 0 Å². The summed E-state index contributed by atoms with van der Waals surface area (Å²) in [6.07, 6.45) is 0.917. The molecule has 1 saturated heterocycles. The Hall–Kier alpha value is -2.01. The minimum atomic E-state index is -0.594. The molecule has 0 unspecified atom stereocenters. The van der Waals surface area contributed by atoms with Crippen molar-refractivity contribution in [1.29, 1.82) is 0 Å². The molecule has 0 radical (unpaired) electrons. The number of nitrogens with one attached hydrogen (secondary N) is 1. The minimum Gasteiger partial charge on any atom is -0.497 e. The molecule has 3 aromatic carbocycles. The van der Waals surface area contributed by atoms with E-state index in [2.05, 4.69) is 83.6 Å². The van der Waals surface area contributed by atoms with Crippen molar-refractivity contribution in [2.24, 2.45) is 5.92 Å². The molecule has 3 atom stereocenters. The molecular formula is C26H25BrClNO2. The number of methoxy groups -OCH3 is 1. The van der Waals surface area contributed by atoms with Gasteiger partial charge in [-0.25, -0.2) is 0 Å². The zero-order valence-corrected chi connectivity index (χ0v) is 20.1. The summed E-state index contributed by atoms with van der Waals surface area (Å²) in [5.74, 6) is 1.01. The van der Waals surface area contributed by atoms with Gasteiger partial charge in [0.1, 0.15) is 11.4 Å². The molecule has 2 heterocycles. The number of hydrogen-bond donors (Lipinski definition) is 1. The number of hydrogen-bond acceptors (Lipinski definition) is 3. The highest BCUT2D eigenvalue weighted by molar-refractivity contribution is 9.10. The first-order valence-corrected chi connectivity index (χ1v) is 11.7. The maximum absolute atomic E-state index is 7.03. The van der Waals surface area contributed by atoms with Crippen LogP contribution in [0.25, 0.3) is 0 Å². The molecule has 0 amide bonds. The molecule has 0 bridgehead atoms. The molecule has 0 saturated carbocycles. The number of halogens is 2. The van der Waals surface area contributed by atoms with Crippen molar-refractivity contribution in [3.63, 3.8) is 0 Å². The molecule has 31 heavy (non-hydrogen) atoms. The molecule has 1 N–H and O–H groups in total. The first-order chi connectivity index (χ1) is 14.8. The van der Waals surface area contributed by atoms with Crippen LogP contribution in [-0.4, -0.2) is 12.7 Å². The van der Waals surface area contributed by atoms with Crippen molar-refractivity contribution in [2.75, 3.05) is 12.4 Å². The number of fused-ring (bicyclic) bond motifs is 3. The lowest BCUT2D eigenvalue weighted by molar-refractivity contribution is -0.0799. The fourth-order valence-electron chi connectivity index (χ4n) is 5.30. The van der Waals surface area contributed by atoms with E-state index in [1.165, 1.54) is 5.56 Å². The molecule has 2 aliphatic rings. The molecule has 0 aromatic heterocycles. The molecule has 5 heteroatoms. The second-order valence-corrected chi connectivity index (χ2v) is 10.4. The smallest absolute Gasteiger partial charge is 0.126 e. The van der Waals surface area contributed by atoms with Gasteiger partial charge in [0.15, 0.2) is 0 Å². The van der Waals surface area contributed by atoms with Gasteiger partial charge >= 0.3 is 0 Å². The van der Waals surface area contributed by atoms with Crippen LogP contribution in [0.1, 0.15) is 43.0 Å². The average molecular weight is 499 g/mol. The van der Waals surface area contributed by atoms with Crippen LogP contribution < -0.4 is 10.1 Å². The van der Waals surface area contributed by atoms with Gasteiger partial charge in [0, 0.05) is 26.7 Å². The van der Waals surface area contributed by atoms with Gasteiger partial charge in [0.05, 0.1) is 18.8 Å². The van der Waals surface area contributed by atoms with Gasteiger partial charge in [-0.05, 0) is 73.9 Å². The Balaban J connectivity index is 1.78. The van der Waals surface area contributed by atoms with Crippen molar-refractivity contribution in [2.45, 2.75) is 37.5 Å². The van der Waals surface area contributed by atoms with Crippen LogP contribution in [0.5, 0.6) is 5.75 Å². The van der Waals surface area contributed by atoms with E-state index in [-0.39, 0.29) is 17.6 Å². The lowest BCUT2D eigenvalue weighted by atomic mass is 9.68. The molecule has 160 valence electrons. The molecule has 3 aromatic rings. The largest absolute Gasteiger partial charge is 0.497 e. The van der Waals surface area contributed by atoms with Crippen LogP contribution in [0.3, 0.4) is 0 Å². The number of ether oxygens (including phenoxy) is 2. The molecule has 0 aliphatic carbocycles. The van der Waals surface area contributed by atoms with Gasteiger partial charge in [-0.2, -0.15) is 0 Å². The summed E-state index contributed by atoms with van der Waals surface area (Å²) in [5.41, 5.74) is 3.67. The number of benzene rings is 3. The van der Waals surface area contributed by atoms with Crippen LogP contribution in [0, 0.1) is 5.92 Å². The Kier molecular flexibility index (Phi) is 5.08. The molecule has 3 nitrogen and oxygen atoms in total. The number of rotatable bonds is 3. The number of anilines is 1. The third kappa shape index (κ3) is 3.45. The lowest BCUT2D eigenvalue weighted by Gasteiger charge is -2.46. The first kappa shape index (κ1) is 20.9. The third-order valence-corrected chi connectivity index (χ3v) is 7.29. The lowest BCUT2D eigenvalue weighted by Crippen LogP contribution is -2.44. The summed E-state index contributed by atoms with van der Waals surface area (Å²) in [7, 11) is 1.71. The van der Waals surface area contributed by atoms with E-state index in [1.807, 2.05) is 18.2 Å². The van der Waals surface area contributed by atoms with Gasteiger partial charge in [-0.3, -0.25) is 0 Å². The van der Waals surface area contributed by atoms with Gasteiger partial charge in [0.25, 0.3) is 0 Å². The predicted molar refractivity (Wildman–Crippen MR) is 129 cm³/mol. The summed E-state index contributed by atoms with van der Waals surface area (Å²) in [5, 5.41) is 4.55. The minimum absolute atomic E-state index is 0.0867. The Bertz CT molecular complexity index is 1110. The maximum atomic E-state index is 7.03. The highest BCUT2D eigenvalue weighted by Crippen LogP contribution is 2.61. The highest BCUT2D eigenvalue weighted by atomic mass is 79.9. The average Bonchev–Trinajstić information content (AvgIpc) is 3.06. The van der Waals surface area contributed by atoms with E-state index in [1.54, 1.807) is 7.11 Å². The summed E-state index contributed by atoms with van der Waals surface area (Å²) in [6.45, 7) is 4.37. The van der Waals surface area contributed by atoms with Gasteiger partial charge in [0.2, 0.25) is 0 Å². The Morgan fingerprint density at radius 3 is 2.42 bits per heavy atom. The Morgan fingerprint density at radius 1 is 1.03 bits per heavy atom. The summed E-state index contributed by atoms with van der Waals surface area (Å²) >= 11 is 9.78. The van der Waals surface area contributed by atoms with Crippen LogP contribution in [0.15, 0.2) is 71.2 Å². The maximum Gasteiger partial charge on any atom is 0.126 e. The van der Waals surface area contributed by atoms with Crippen molar-refractivity contribution in [3.05, 3.63) is 92.9 Å². The fraction of sp³-hybridized carbons (Fsp3) is 0.308. The second kappa shape index (κ2) is 7.54. The monoisotopic (exact) mass is 497 g/mol. The van der Waals surface area contributed by atoms with Gasteiger partial charge < -0.3 is 14.8 Å². The zero-order valence-electron chi connectivity index (χ0n) is 17.8. The normalized spacial score (nSPS) is 26.0. The van der Waals surface area contributed by atoms with Gasteiger partial charge in [-0.15, -0.1) is 0 Å². The Morgan fingerprint density at radius 2 is 1.74 bits per heavy atom. The van der Waals surface area contributed by atoms with Crippen LogP contribution >= 0.6 is 27.5 Å². The summed E-state index contributed by atoms with van der Waals surface area (Å²) < 4.78 is 13.7. The van der Waals surface area contributed by atoms with Gasteiger partial charge in [-0.1, -0.05) is 51.8 Å². The molecule has 0 spiro atoms. The highest BCUT2D eigenvalue weighted by Gasteiger charge is 2.59. The fourth-order valence-corrected chi connectivity index (χ4v) is 5.69. The van der Waals surface area contributed by atoms with Crippen molar-refractivity contribution < 1.29 is 9.47 Å². The van der Waals surface area contributed by atoms with Crippen molar-refractivity contribution in [1.82, 2.24) is 0 Å². The van der Waals surface area contributed by atoms with Crippen molar-refractivity contribution in [3.8, 4) is 5.75 Å². The van der Waals surface area contributed by atoms with Crippen molar-refractivity contribution >= 4 is 33.2 Å². The summed E-state index contributed by atoms with van der Waals surface area (Å²) in [4.78, 5) is 0.